The molecule has 1 aliphatic heterocycles. The van der Waals surface area contributed by atoms with Crippen molar-refractivity contribution in [3.63, 3.8) is 0 Å². The van der Waals surface area contributed by atoms with Gasteiger partial charge in [-0.15, -0.1) is 0 Å². The zero-order chi connectivity index (χ0) is 13.2. The number of aromatic amines is 1. The van der Waals surface area contributed by atoms with Gasteiger partial charge < -0.3 is 20.2 Å². The highest BCUT2D eigenvalue weighted by Gasteiger charge is 2.13. The van der Waals surface area contributed by atoms with E-state index in [4.69, 9.17) is 15.2 Å². The average Bonchev–Trinajstić information content (AvgIpc) is 2.46. The van der Waals surface area contributed by atoms with E-state index in [0.717, 1.165) is 5.56 Å². The molecule has 0 atom stereocenters. The average molecular weight is 259 g/mol. The van der Waals surface area contributed by atoms with Gasteiger partial charge in [0.05, 0.1) is 0 Å². The van der Waals surface area contributed by atoms with Crippen LogP contribution in [0.25, 0.3) is 11.4 Å². The first-order chi connectivity index (χ1) is 9.28. The third-order valence-corrected chi connectivity index (χ3v) is 2.91. The van der Waals surface area contributed by atoms with Crippen LogP contribution < -0.4 is 20.8 Å². The lowest BCUT2D eigenvalue weighted by Gasteiger charge is -2.18. The summed E-state index contributed by atoms with van der Waals surface area (Å²) in [6.07, 6.45) is 1.49. The lowest BCUT2D eigenvalue weighted by molar-refractivity contribution is 0.171. The van der Waals surface area contributed by atoms with Gasteiger partial charge >= 0.3 is 0 Å². The molecule has 0 bridgehead atoms. The number of nitrogens with one attached hydrogen (secondary N) is 1. The maximum absolute atomic E-state index is 11.7. The van der Waals surface area contributed by atoms with Crippen LogP contribution in [-0.2, 0) is 6.54 Å². The van der Waals surface area contributed by atoms with Crippen LogP contribution in [0, 0.1) is 0 Å². The Morgan fingerprint density at radius 3 is 2.79 bits per heavy atom. The summed E-state index contributed by atoms with van der Waals surface area (Å²) in [5.74, 6) is 1.85. The van der Waals surface area contributed by atoms with E-state index >= 15 is 0 Å². The largest absolute Gasteiger partial charge is 0.486 e. The van der Waals surface area contributed by atoms with Crippen molar-refractivity contribution in [1.29, 1.82) is 0 Å². The molecule has 0 fully saturated rings. The second kappa shape index (κ2) is 4.74. The van der Waals surface area contributed by atoms with Crippen LogP contribution in [0.1, 0.15) is 5.56 Å². The maximum atomic E-state index is 11.7. The number of nitrogens with two attached hydrogens (primary N) is 1. The fourth-order valence-electron chi connectivity index (χ4n) is 1.90. The van der Waals surface area contributed by atoms with Crippen molar-refractivity contribution in [2.24, 2.45) is 5.73 Å². The molecule has 3 rings (SSSR count). The van der Waals surface area contributed by atoms with Crippen molar-refractivity contribution >= 4 is 0 Å². The number of hydrogen-bond donors (Lipinski definition) is 2. The summed E-state index contributed by atoms with van der Waals surface area (Å²) in [4.78, 5) is 18.6. The molecule has 6 heteroatoms. The lowest BCUT2D eigenvalue weighted by atomic mass is 10.1. The normalized spacial score (nSPS) is 13.3. The standard InChI is InChI=1S/C13H13N3O3/c14-6-9-7-15-12(16-13(9)17)8-1-2-10-11(5-8)19-4-3-18-10/h1-2,5,7H,3-4,6,14H2,(H,15,16,17). The van der Waals surface area contributed by atoms with E-state index < -0.39 is 0 Å². The molecule has 0 radical (unpaired) electrons. The molecule has 19 heavy (non-hydrogen) atoms. The van der Waals surface area contributed by atoms with E-state index in [1.165, 1.54) is 6.20 Å². The molecule has 6 nitrogen and oxygen atoms in total. The van der Waals surface area contributed by atoms with E-state index in [1.54, 1.807) is 12.1 Å². The zero-order valence-corrected chi connectivity index (χ0v) is 10.2. The Morgan fingerprint density at radius 1 is 1.26 bits per heavy atom. The third kappa shape index (κ3) is 2.17. The van der Waals surface area contributed by atoms with Gasteiger partial charge in [-0.25, -0.2) is 4.98 Å². The van der Waals surface area contributed by atoms with Gasteiger partial charge in [0.15, 0.2) is 11.5 Å². The van der Waals surface area contributed by atoms with Crippen molar-refractivity contribution in [3.8, 4) is 22.9 Å². The summed E-state index contributed by atoms with van der Waals surface area (Å²) >= 11 is 0. The van der Waals surface area contributed by atoms with Crippen LogP contribution >= 0.6 is 0 Å². The molecule has 3 N–H and O–H groups in total. The van der Waals surface area contributed by atoms with E-state index in [1.807, 2.05) is 6.07 Å². The van der Waals surface area contributed by atoms with Crippen LogP contribution in [-0.4, -0.2) is 23.2 Å². The molecular formula is C13H13N3O3. The molecule has 1 aliphatic rings. The highest BCUT2D eigenvalue weighted by atomic mass is 16.6. The van der Waals surface area contributed by atoms with Gasteiger partial charge in [0.2, 0.25) is 0 Å². The molecule has 1 aromatic heterocycles. The minimum Gasteiger partial charge on any atom is -0.486 e. The zero-order valence-electron chi connectivity index (χ0n) is 10.2. The fourth-order valence-corrected chi connectivity index (χ4v) is 1.90. The van der Waals surface area contributed by atoms with Crippen LogP contribution in [0.15, 0.2) is 29.2 Å². The van der Waals surface area contributed by atoms with Gasteiger partial charge in [0, 0.05) is 23.9 Å². The highest BCUT2D eigenvalue weighted by Crippen LogP contribution is 2.33. The summed E-state index contributed by atoms with van der Waals surface area (Å²) in [5.41, 5.74) is 6.44. The molecule has 2 aromatic rings. The van der Waals surface area contributed by atoms with Gasteiger partial charge in [0.25, 0.3) is 5.56 Å². The number of rotatable bonds is 2. The Labute approximate surface area is 109 Å². The highest BCUT2D eigenvalue weighted by molar-refractivity contribution is 5.61. The van der Waals surface area contributed by atoms with E-state index in [9.17, 15) is 4.79 Å². The van der Waals surface area contributed by atoms with Crippen LogP contribution in [0.3, 0.4) is 0 Å². The van der Waals surface area contributed by atoms with Crippen molar-refractivity contribution in [3.05, 3.63) is 40.3 Å². The summed E-state index contributed by atoms with van der Waals surface area (Å²) in [6.45, 7) is 1.24. The summed E-state index contributed by atoms with van der Waals surface area (Å²) in [5, 5.41) is 0. The molecule has 0 amide bonds. The van der Waals surface area contributed by atoms with Crippen LogP contribution in [0.2, 0.25) is 0 Å². The monoisotopic (exact) mass is 259 g/mol. The molecule has 0 saturated carbocycles. The summed E-state index contributed by atoms with van der Waals surface area (Å²) in [7, 11) is 0. The molecule has 0 aliphatic carbocycles. The molecular weight excluding hydrogens is 246 g/mol. The number of benzene rings is 1. The SMILES string of the molecule is NCc1cnc(-c2ccc3c(c2)OCCO3)[nH]c1=O. The number of ether oxygens (including phenoxy) is 2. The van der Waals surface area contributed by atoms with Gasteiger partial charge in [-0.2, -0.15) is 0 Å². The van der Waals surface area contributed by atoms with Crippen molar-refractivity contribution in [1.82, 2.24) is 9.97 Å². The van der Waals surface area contributed by atoms with Gasteiger partial charge in [-0.05, 0) is 18.2 Å². The maximum Gasteiger partial charge on any atom is 0.255 e. The van der Waals surface area contributed by atoms with Crippen molar-refractivity contribution < 1.29 is 9.47 Å². The minimum atomic E-state index is -0.220. The number of hydrogen-bond acceptors (Lipinski definition) is 5. The first-order valence-corrected chi connectivity index (χ1v) is 5.96. The lowest BCUT2D eigenvalue weighted by Crippen LogP contribution is -2.18. The van der Waals surface area contributed by atoms with Gasteiger partial charge in [0.1, 0.15) is 19.0 Å². The molecule has 2 heterocycles. The Balaban J connectivity index is 2.02. The first-order valence-electron chi connectivity index (χ1n) is 5.96. The molecule has 1 aromatic carbocycles. The quantitative estimate of drug-likeness (QED) is 0.827. The Hall–Kier alpha value is -2.34. The number of aromatic nitrogens is 2. The summed E-state index contributed by atoms with van der Waals surface area (Å²) < 4.78 is 10.9. The summed E-state index contributed by atoms with van der Waals surface area (Å²) in [6, 6.07) is 5.43. The Bertz CT molecular complexity index is 666. The molecule has 0 spiro atoms. The molecule has 0 saturated heterocycles. The number of H-pyrrole nitrogens is 1. The third-order valence-electron chi connectivity index (χ3n) is 2.91. The van der Waals surface area contributed by atoms with Crippen molar-refractivity contribution in [2.75, 3.05) is 13.2 Å². The van der Waals surface area contributed by atoms with Gasteiger partial charge in [-0.3, -0.25) is 4.79 Å². The Morgan fingerprint density at radius 2 is 2.05 bits per heavy atom. The topological polar surface area (TPSA) is 90.2 Å². The predicted octanol–water partition coefficient (Wildman–Crippen LogP) is 0.667. The second-order valence-corrected chi connectivity index (χ2v) is 4.15. The second-order valence-electron chi connectivity index (χ2n) is 4.15. The fraction of sp³-hybridized carbons (Fsp3) is 0.231. The van der Waals surface area contributed by atoms with Gasteiger partial charge in [-0.1, -0.05) is 0 Å². The van der Waals surface area contributed by atoms with Crippen molar-refractivity contribution in [2.45, 2.75) is 6.54 Å². The minimum absolute atomic E-state index is 0.170. The van der Waals surface area contributed by atoms with E-state index in [-0.39, 0.29) is 12.1 Å². The van der Waals surface area contributed by atoms with E-state index in [0.29, 0.717) is 36.1 Å². The molecule has 0 unspecified atom stereocenters. The van der Waals surface area contributed by atoms with Crippen LogP contribution in [0.5, 0.6) is 11.5 Å². The Kier molecular flexibility index (Phi) is 2.92. The predicted molar refractivity (Wildman–Crippen MR) is 69.2 cm³/mol. The first kappa shape index (κ1) is 11.7. The smallest absolute Gasteiger partial charge is 0.255 e. The number of fused-ring (bicyclic) bond motifs is 1. The molecule has 98 valence electrons. The van der Waals surface area contributed by atoms with E-state index in [2.05, 4.69) is 9.97 Å². The van der Waals surface area contributed by atoms with Crippen LogP contribution in [0.4, 0.5) is 0 Å². The number of nitrogens with zero attached hydrogens (tertiary/aromatic N) is 1.